The predicted octanol–water partition coefficient (Wildman–Crippen LogP) is 23.9. The molecule has 3 N–H and O–H groups in total. The van der Waals surface area contributed by atoms with Gasteiger partial charge in [0.05, 0.1) is 26.4 Å². The molecule has 0 saturated heterocycles. The van der Waals surface area contributed by atoms with Crippen LogP contribution in [0.1, 0.15) is 420 Å². The van der Waals surface area contributed by atoms with Gasteiger partial charge in [0, 0.05) is 25.7 Å². The Hall–Kier alpha value is -1.94. The monoisotopic (exact) mass is 1450 g/mol. The molecule has 0 heterocycles. The van der Waals surface area contributed by atoms with Crippen molar-refractivity contribution in [3.8, 4) is 0 Å². The Balaban J connectivity index is 5.26. The lowest BCUT2D eigenvalue weighted by Crippen LogP contribution is -2.30. The molecule has 6 atom stereocenters. The molecule has 0 bridgehead atoms. The van der Waals surface area contributed by atoms with Crippen LogP contribution in [0.2, 0.25) is 0 Å². The van der Waals surface area contributed by atoms with Crippen molar-refractivity contribution in [2.24, 2.45) is 11.8 Å². The van der Waals surface area contributed by atoms with Crippen molar-refractivity contribution in [1.29, 1.82) is 0 Å². The summed E-state index contributed by atoms with van der Waals surface area (Å²) in [5.41, 5.74) is 0. The maximum atomic E-state index is 13.1. The average molecular weight is 1450 g/mol. The van der Waals surface area contributed by atoms with E-state index in [2.05, 4.69) is 41.5 Å². The van der Waals surface area contributed by atoms with Crippen LogP contribution in [0.15, 0.2) is 0 Å². The number of hydrogen-bond acceptors (Lipinski definition) is 15. The van der Waals surface area contributed by atoms with E-state index in [9.17, 15) is 43.2 Å². The highest BCUT2D eigenvalue weighted by atomic mass is 31.2. The minimum absolute atomic E-state index is 0.108. The topological polar surface area (TPSA) is 237 Å². The van der Waals surface area contributed by atoms with E-state index in [-0.39, 0.29) is 25.7 Å². The lowest BCUT2D eigenvalue weighted by molar-refractivity contribution is -0.161. The summed E-state index contributed by atoms with van der Waals surface area (Å²) in [6, 6.07) is 0. The Morgan fingerprint density at radius 1 is 0.293 bits per heavy atom. The third-order valence-electron chi connectivity index (χ3n) is 19.1. The third kappa shape index (κ3) is 72.8. The van der Waals surface area contributed by atoms with Crippen LogP contribution < -0.4 is 0 Å². The number of rotatable bonds is 79. The zero-order valence-electron chi connectivity index (χ0n) is 64.8. The molecule has 0 rings (SSSR count). The zero-order valence-corrected chi connectivity index (χ0v) is 66.6. The number of hydrogen-bond donors (Lipinski definition) is 3. The molecule has 0 spiro atoms. The highest BCUT2D eigenvalue weighted by molar-refractivity contribution is 7.47. The number of unbranched alkanes of at least 4 members (excludes halogenated alkanes) is 48. The van der Waals surface area contributed by atoms with Crippen molar-refractivity contribution < 1.29 is 80.2 Å². The molecule has 0 aromatic heterocycles. The first-order valence-corrected chi connectivity index (χ1v) is 44.5. The largest absolute Gasteiger partial charge is 0.472 e. The molecular weight excluding hydrogens is 1290 g/mol. The number of aliphatic hydroxyl groups excluding tert-OH is 1. The van der Waals surface area contributed by atoms with Crippen LogP contribution in [0.3, 0.4) is 0 Å². The summed E-state index contributed by atoms with van der Waals surface area (Å²) in [5, 5.41) is 10.6. The fourth-order valence-electron chi connectivity index (χ4n) is 12.3. The van der Waals surface area contributed by atoms with Gasteiger partial charge in [-0.2, -0.15) is 0 Å². The quantitative estimate of drug-likeness (QED) is 0.0222. The Morgan fingerprint density at radius 3 is 0.768 bits per heavy atom. The fourth-order valence-corrected chi connectivity index (χ4v) is 13.9. The van der Waals surface area contributed by atoms with Gasteiger partial charge in [0.2, 0.25) is 0 Å². The fraction of sp³-hybridized carbons (Fsp3) is 0.950. The smallest absolute Gasteiger partial charge is 0.462 e. The molecule has 0 aromatic carbocycles. The van der Waals surface area contributed by atoms with Crippen LogP contribution in [0.5, 0.6) is 0 Å². The molecule has 17 nitrogen and oxygen atoms in total. The summed E-state index contributed by atoms with van der Waals surface area (Å²) in [6.45, 7) is 9.70. The maximum Gasteiger partial charge on any atom is 0.472 e. The summed E-state index contributed by atoms with van der Waals surface area (Å²) in [7, 11) is -9.92. The second kappa shape index (κ2) is 71.7. The molecule has 0 aliphatic carbocycles. The van der Waals surface area contributed by atoms with E-state index in [1.807, 2.05) is 0 Å². The van der Waals surface area contributed by atoms with Gasteiger partial charge in [-0.3, -0.25) is 37.3 Å². The standard InChI is InChI=1S/C80H156O17P2/c1-7-10-12-14-16-18-20-21-27-34-40-46-52-58-64-79(84)96-75(68-90-77(82)62-56-50-44-38-30-19-17-15-13-11-8-2)70-94-98(86,87)92-66-74(81)67-93-99(88,89)95-71-76(69-91-78(83)63-57-51-45-39-33-29-24-25-31-36-42-48-54-60-72(4)5)97-80(85)65-59-53-47-41-35-28-23-22-26-32-37-43-49-55-61-73(6)9-3/h72-76,81H,7-71H2,1-6H3,(H,86,87)(H,88,89)/t73?,74-,75+,76+/m0/s1. The summed E-state index contributed by atoms with van der Waals surface area (Å²) in [5.74, 6) is -0.470. The first-order chi connectivity index (χ1) is 47.9. The minimum Gasteiger partial charge on any atom is -0.462 e. The molecule has 0 saturated carbocycles. The lowest BCUT2D eigenvalue weighted by atomic mass is 9.99. The average Bonchev–Trinajstić information content (AvgIpc) is 0.987. The van der Waals surface area contributed by atoms with Crippen molar-refractivity contribution in [3.63, 3.8) is 0 Å². The van der Waals surface area contributed by atoms with Gasteiger partial charge < -0.3 is 33.8 Å². The van der Waals surface area contributed by atoms with E-state index in [1.54, 1.807) is 0 Å². The van der Waals surface area contributed by atoms with E-state index >= 15 is 0 Å². The Kier molecular flexibility index (Phi) is 70.3. The van der Waals surface area contributed by atoms with Crippen molar-refractivity contribution in [1.82, 2.24) is 0 Å². The summed E-state index contributed by atoms with van der Waals surface area (Å²) >= 11 is 0. The highest BCUT2D eigenvalue weighted by Gasteiger charge is 2.30. The van der Waals surface area contributed by atoms with Gasteiger partial charge in [-0.15, -0.1) is 0 Å². The van der Waals surface area contributed by atoms with Crippen molar-refractivity contribution in [2.75, 3.05) is 39.6 Å². The van der Waals surface area contributed by atoms with Gasteiger partial charge in [-0.25, -0.2) is 9.13 Å². The van der Waals surface area contributed by atoms with Gasteiger partial charge in [-0.1, -0.05) is 369 Å². The summed E-state index contributed by atoms with van der Waals surface area (Å²) < 4.78 is 68.7. The van der Waals surface area contributed by atoms with Gasteiger partial charge >= 0.3 is 39.5 Å². The highest BCUT2D eigenvalue weighted by Crippen LogP contribution is 2.45. The summed E-state index contributed by atoms with van der Waals surface area (Å²) in [6.07, 6.45) is 60.8. The Bertz CT molecular complexity index is 1910. The lowest BCUT2D eigenvalue weighted by Gasteiger charge is -2.21. The van der Waals surface area contributed by atoms with E-state index in [4.69, 9.17) is 37.0 Å². The molecule has 0 aliphatic heterocycles. The second-order valence-electron chi connectivity index (χ2n) is 29.5. The first-order valence-electron chi connectivity index (χ1n) is 41.5. The number of carbonyl (C=O) groups excluding carboxylic acids is 4. The number of phosphoric ester groups is 2. The third-order valence-corrected chi connectivity index (χ3v) is 21.0. The number of aliphatic hydroxyl groups is 1. The molecule has 588 valence electrons. The molecular formula is C80H156O17P2. The van der Waals surface area contributed by atoms with Crippen LogP contribution in [0.25, 0.3) is 0 Å². The van der Waals surface area contributed by atoms with Crippen molar-refractivity contribution >= 4 is 39.5 Å². The molecule has 0 fully saturated rings. The second-order valence-corrected chi connectivity index (χ2v) is 32.4. The number of carbonyl (C=O) groups is 4. The number of phosphoric acid groups is 2. The zero-order chi connectivity index (χ0) is 72.8. The van der Waals surface area contributed by atoms with Gasteiger partial charge in [0.25, 0.3) is 0 Å². The van der Waals surface area contributed by atoms with Gasteiger partial charge in [-0.05, 0) is 37.5 Å². The van der Waals surface area contributed by atoms with Crippen molar-refractivity contribution in [3.05, 3.63) is 0 Å². The Morgan fingerprint density at radius 2 is 0.515 bits per heavy atom. The molecule has 0 amide bonds. The molecule has 3 unspecified atom stereocenters. The molecule has 19 heteroatoms. The number of esters is 4. The number of ether oxygens (including phenoxy) is 4. The maximum absolute atomic E-state index is 13.1. The molecule has 0 aliphatic rings. The van der Waals surface area contributed by atoms with E-state index < -0.39 is 97.5 Å². The normalized spacial score (nSPS) is 14.2. The van der Waals surface area contributed by atoms with Crippen LogP contribution in [0, 0.1) is 11.8 Å². The molecule has 0 radical (unpaired) electrons. The molecule has 0 aromatic rings. The van der Waals surface area contributed by atoms with E-state index in [0.717, 1.165) is 102 Å². The van der Waals surface area contributed by atoms with Crippen LogP contribution >= 0.6 is 15.6 Å². The minimum atomic E-state index is -4.96. The summed E-state index contributed by atoms with van der Waals surface area (Å²) in [4.78, 5) is 73.0. The SMILES string of the molecule is CCCCCCCCCCCCCCCCC(=O)O[C@H](COC(=O)CCCCCCCCCCCCC)COP(=O)(O)OC[C@H](O)COP(=O)(O)OC[C@@H](COC(=O)CCCCCCCCCCCCCCCC(C)C)OC(=O)CCCCCCCCCCCCCCCCC(C)CC. The van der Waals surface area contributed by atoms with E-state index in [0.29, 0.717) is 25.7 Å². The van der Waals surface area contributed by atoms with Gasteiger partial charge in [0.15, 0.2) is 12.2 Å². The Labute approximate surface area is 607 Å². The first kappa shape index (κ1) is 97.1. The van der Waals surface area contributed by atoms with Gasteiger partial charge in [0.1, 0.15) is 19.3 Å². The van der Waals surface area contributed by atoms with Crippen LogP contribution in [0.4, 0.5) is 0 Å². The molecule has 99 heavy (non-hydrogen) atoms. The van der Waals surface area contributed by atoms with E-state index in [1.165, 1.54) is 238 Å². The van der Waals surface area contributed by atoms with Crippen molar-refractivity contribution in [2.45, 2.75) is 439 Å². The van der Waals surface area contributed by atoms with Crippen LogP contribution in [-0.2, 0) is 65.4 Å². The van der Waals surface area contributed by atoms with Crippen LogP contribution in [-0.4, -0.2) is 96.7 Å². The predicted molar refractivity (Wildman–Crippen MR) is 405 cm³/mol.